The van der Waals surface area contributed by atoms with Gasteiger partial charge in [0, 0.05) is 23.9 Å². The molecule has 1 aliphatic rings. The van der Waals surface area contributed by atoms with Crippen LogP contribution in [0.5, 0.6) is 0 Å². The topological polar surface area (TPSA) is 114 Å². The first kappa shape index (κ1) is 30.6. The second kappa shape index (κ2) is 15.5. The molecule has 0 spiro atoms. The Kier molecular flexibility index (Phi) is 13.9. The molecule has 0 aromatic carbocycles. The summed E-state index contributed by atoms with van der Waals surface area (Å²) in [6.07, 6.45) is 5.80. The molecule has 1 fully saturated rings. The standard InChI is InChI=1S/C25H48N4O4S/c1-7-9-14-29(17-21(30)27-16-19-10-12-20(26)13-11-19)23(31)22(25(5,6)34-18(3)4)28-24(32)33-15-8-2/h18-20,22H,7-17,26H2,1-6H3,(H,27,30)(H,28,32)/t19-,20-,22-/m0/s1. The van der Waals surface area contributed by atoms with E-state index in [0.29, 0.717) is 32.0 Å². The second-order valence-electron chi connectivity index (χ2n) is 10.2. The molecule has 9 heteroatoms. The second-order valence-corrected chi connectivity index (χ2v) is 12.4. The number of unbranched alkanes of at least 4 members (excludes halogenated alkanes) is 1. The van der Waals surface area contributed by atoms with Crippen LogP contribution in [0.15, 0.2) is 0 Å². The average Bonchev–Trinajstić information content (AvgIpc) is 2.77. The molecule has 0 aromatic rings. The molecule has 8 nitrogen and oxygen atoms in total. The maximum Gasteiger partial charge on any atom is 0.407 e. The van der Waals surface area contributed by atoms with Crippen molar-refractivity contribution in [2.75, 3.05) is 26.2 Å². The van der Waals surface area contributed by atoms with E-state index in [1.807, 2.05) is 27.7 Å². The van der Waals surface area contributed by atoms with Gasteiger partial charge in [0.1, 0.15) is 6.04 Å². The number of alkyl carbamates (subject to hydrolysis) is 1. The van der Waals surface area contributed by atoms with Gasteiger partial charge in [0.2, 0.25) is 11.8 Å². The van der Waals surface area contributed by atoms with Crippen molar-refractivity contribution in [3.8, 4) is 0 Å². The highest BCUT2D eigenvalue weighted by Crippen LogP contribution is 2.33. The number of hydrogen-bond acceptors (Lipinski definition) is 6. The fourth-order valence-electron chi connectivity index (χ4n) is 4.24. The smallest absolute Gasteiger partial charge is 0.407 e. The van der Waals surface area contributed by atoms with Crippen molar-refractivity contribution in [1.82, 2.24) is 15.5 Å². The van der Waals surface area contributed by atoms with E-state index in [0.717, 1.165) is 38.5 Å². The van der Waals surface area contributed by atoms with Crippen molar-refractivity contribution in [3.05, 3.63) is 0 Å². The summed E-state index contributed by atoms with van der Waals surface area (Å²) in [5.41, 5.74) is 5.98. The maximum atomic E-state index is 13.7. The summed E-state index contributed by atoms with van der Waals surface area (Å²) in [4.78, 5) is 40.5. The quantitative estimate of drug-likeness (QED) is 0.335. The van der Waals surface area contributed by atoms with E-state index in [4.69, 9.17) is 10.5 Å². The van der Waals surface area contributed by atoms with E-state index < -0.39 is 16.9 Å². The highest BCUT2D eigenvalue weighted by atomic mass is 32.2. The van der Waals surface area contributed by atoms with Gasteiger partial charge in [-0.05, 0) is 63.5 Å². The summed E-state index contributed by atoms with van der Waals surface area (Å²) in [6.45, 7) is 13.3. The molecule has 1 aliphatic carbocycles. The Hall–Kier alpha value is -1.48. The molecule has 34 heavy (non-hydrogen) atoms. The van der Waals surface area contributed by atoms with Crippen LogP contribution in [0, 0.1) is 5.92 Å². The average molecular weight is 501 g/mol. The van der Waals surface area contributed by atoms with Gasteiger partial charge >= 0.3 is 6.09 Å². The molecule has 0 aromatic heterocycles. The Morgan fingerprint density at radius 2 is 1.76 bits per heavy atom. The Labute approximate surface area is 210 Å². The predicted octanol–water partition coefficient (Wildman–Crippen LogP) is 3.67. The molecule has 4 N–H and O–H groups in total. The largest absolute Gasteiger partial charge is 0.450 e. The van der Waals surface area contributed by atoms with Gasteiger partial charge in [0.25, 0.3) is 0 Å². The van der Waals surface area contributed by atoms with Crippen molar-refractivity contribution in [3.63, 3.8) is 0 Å². The molecule has 1 atom stereocenters. The normalized spacial score (nSPS) is 19.4. The van der Waals surface area contributed by atoms with Gasteiger partial charge in [-0.2, -0.15) is 11.8 Å². The van der Waals surface area contributed by atoms with E-state index in [1.165, 1.54) is 0 Å². The number of nitrogens with zero attached hydrogens (tertiary/aromatic N) is 1. The van der Waals surface area contributed by atoms with E-state index >= 15 is 0 Å². The fraction of sp³-hybridized carbons (Fsp3) is 0.880. The van der Waals surface area contributed by atoms with Crippen LogP contribution in [0.3, 0.4) is 0 Å². The molecular weight excluding hydrogens is 452 g/mol. The summed E-state index contributed by atoms with van der Waals surface area (Å²) >= 11 is 1.62. The third-order valence-corrected chi connectivity index (χ3v) is 7.40. The van der Waals surface area contributed by atoms with E-state index in [-0.39, 0.29) is 29.7 Å². The van der Waals surface area contributed by atoms with Gasteiger partial charge in [-0.3, -0.25) is 9.59 Å². The van der Waals surface area contributed by atoms with Crippen LogP contribution in [0.25, 0.3) is 0 Å². The molecule has 0 heterocycles. The molecule has 0 aliphatic heterocycles. The lowest BCUT2D eigenvalue weighted by Crippen LogP contribution is -2.59. The maximum absolute atomic E-state index is 13.7. The minimum Gasteiger partial charge on any atom is -0.450 e. The molecule has 198 valence electrons. The van der Waals surface area contributed by atoms with Gasteiger partial charge in [-0.1, -0.05) is 34.1 Å². The minimum absolute atomic E-state index is 0.0182. The summed E-state index contributed by atoms with van der Waals surface area (Å²) in [7, 11) is 0. The third kappa shape index (κ3) is 11.3. The number of carbonyl (C=O) groups is 3. The van der Waals surface area contributed by atoms with Crippen LogP contribution < -0.4 is 16.4 Å². The van der Waals surface area contributed by atoms with E-state index in [9.17, 15) is 14.4 Å². The van der Waals surface area contributed by atoms with Crippen LogP contribution in [0.4, 0.5) is 4.79 Å². The molecule has 0 unspecified atom stereocenters. The number of ether oxygens (including phenoxy) is 1. The minimum atomic E-state index is -0.811. The molecular formula is C25H48N4O4S. The first-order valence-electron chi connectivity index (χ1n) is 12.9. The van der Waals surface area contributed by atoms with Crippen LogP contribution in [-0.2, 0) is 14.3 Å². The zero-order valence-corrected chi connectivity index (χ0v) is 23.0. The van der Waals surface area contributed by atoms with Gasteiger partial charge in [0.05, 0.1) is 13.2 Å². The van der Waals surface area contributed by atoms with Gasteiger partial charge in [-0.15, -0.1) is 0 Å². The number of hydrogen-bond donors (Lipinski definition) is 3. The number of amides is 3. The lowest BCUT2D eigenvalue weighted by Gasteiger charge is -2.37. The SMILES string of the molecule is CCCCN(CC(=O)NC[C@H]1CC[C@H](N)CC1)C(=O)[C@H](NC(=O)OCCC)C(C)(C)SC(C)C. The Morgan fingerprint density at radius 1 is 1.12 bits per heavy atom. The number of nitrogens with two attached hydrogens (primary N) is 1. The van der Waals surface area contributed by atoms with Crippen LogP contribution in [-0.4, -0.2) is 71.1 Å². The van der Waals surface area contributed by atoms with Crippen molar-refractivity contribution < 1.29 is 19.1 Å². The predicted molar refractivity (Wildman–Crippen MR) is 140 cm³/mol. The fourth-order valence-corrected chi connectivity index (χ4v) is 5.75. The number of rotatable bonds is 14. The lowest BCUT2D eigenvalue weighted by molar-refractivity contribution is -0.138. The van der Waals surface area contributed by atoms with Crippen molar-refractivity contribution in [1.29, 1.82) is 0 Å². The molecule has 0 radical (unpaired) electrons. The van der Waals surface area contributed by atoms with E-state index in [1.54, 1.807) is 16.7 Å². The zero-order valence-electron chi connectivity index (χ0n) is 22.2. The van der Waals surface area contributed by atoms with Crippen LogP contribution in [0.1, 0.15) is 86.5 Å². The summed E-state index contributed by atoms with van der Waals surface area (Å²) < 4.78 is 4.62. The Morgan fingerprint density at radius 3 is 2.32 bits per heavy atom. The lowest BCUT2D eigenvalue weighted by atomic mass is 9.86. The van der Waals surface area contributed by atoms with Crippen molar-refractivity contribution >= 4 is 29.7 Å². The summed E-state index contributed by atoms with van der Waals surface area (Å²) in [5.74, 6) is 0.0208. The first-order valence-corrected chi connectivity index (χ1v) is 13.8. The molecule has 1 rings (SSSR count). The van der Waals surface area contributed by atoms with Gasteiger partial charge < -0.3 is 26.0 Å². The zero-order chi connectivity index (χ0) is 25.7. The molecule has 0 bridgehead atoms. The van der Waals surface area contributed by atoms with E-state index in [2.05, 4.69) is 24.5 Å². The molecule has 1 saturated carbocycles. The highest BCUT2D eigenvalue weighted by molar-refractivity contribution is 8.01. The van der Waals surface area contributed by atoms with Gasteiger partial charge in [0.15, 0.2) is 0 Å². The van der Waals surface area contributed by atoms with Crippen molar-refractivity contribution in [2.24, 2.45) is 11.7 Å². The third-order valence-electron chi connectivity index (χ3n) is 6.09. The molecule has 0 saturated heterocycles. The van der Waals surface area contributed by atoms with Crippen molar-refractivity contribution in [2.45, 2.75) is 109 Å². The number of nitrogens with one attached hydrogen (secondary N) is 2. The van der Waals surface area contributed by atoms with Crippen LogP contribution >= 0.6 is 11.8 Å². The summed E-state index contributed by atoms with van der Waals surface area (Å²) in [6, 6.07) is -0.539. The Bertz CT molecular complexity index is 636. The van der Waals surface area contributed by atoms with Crippen LogP contribution in [0.2, 0.25) is 0 Å². The summed E-state index contributed by atoms with van der Waals surface area (Å²) in [5, 5.41) is 6.07. The Balaban J connectivity index is 2.91. The monoisotopic (exact) mass is 500 g/mol. The first-order chi connectivity index (χ1) is 16.0. The highest BCUT2D eigenvalue weighted by Gasteiger charge is 2.40. The van der Waals surface area contributed by atoms with Gasteiger partial charge in [-0.25, -0.2) is 4.79 Å². The number of carbonyl (C=O) groups excluding carboxylic acids is 3. The molecule has 3 amide bonds. The number of thioether (sulfide) groups is 1.